The van der Waals surface area contributed by atoms with Crippen molar-refractivity contribution in [3.8, 4) is 11.3 Å². The lowest BCUT2D eigenvalue weighted by Gasteiger charge is -2.36. The molecule has 3 aromatic rings. The van der Waals surface area contributed by atoms with Gasteiger partial charge in [-0.3, -0.25) is 4.79 Å². The number of aryl methyl sites for hydroxylation is 3. The summed E-state index contributed by atoms with van der Waals surface area (Å²) in [6.45, 7) is 6.84. The maximum absolute atomic E-state index is 13.3. The van der Waals surface area contributed by atoms with Gasteiger partial charge in [0.1, 0.15) is 5.82 Å². The van der Waals surface area contributed by atoms with Gasteiger partial charge in [-0.2, -0.15) is 0 Å². The van der Waals surface area contributed by atoms with E-state index in [0.717, 1.165) is 73.4 Å². The number of halogens is 1. The van der Waals surface area contributed by atoms with Crippen molar-refractivity contribution in [2.45, 2.75) is 71.8 Å². The molecule has 4 rings (SSSR count). The van der Waals surface area contributed by atoms with E-state index in [2.05, 4.69) is 29.2 Å². The lowest BCUT2D eigenvalue weighted by Crippen LogP contribution is -2.39. The van der Waals surface area contributed by atoms with Crippen LogP contribution in [0.2, 0.25) is 0 Å². The average Bonchev–Trinajstić information content (AvgIpc) is 3.16. The topological polar surface area (TPSA) is 72.1 Å². The molecule has 1 aliphatic rings. The predicted octanol–water partition coefficient (Wildman–Crippen LogP) is 5.97. The van der Waals surface area contributed by atoms with Crippen LogP contribution in [0.5, 0.6) is 0 Å². The van der Waals surface area contributed by atoms with E-state index >= 15 is 0 Å². The van der Waals surface area contributed by atoms with Crippen molar-refractivity contribution in [2.24, 2.45) is 0 Å². The molecule has 176 valence electrons. The first kappa shape index (κ1) is 25.1. The standard InChI is InChI=1S/C26H32N4O2.BrH/c1-4-10-23-27-17-21(26-18(2)19(3)29-32-26)25(28-23)22-13-8-9-16-30(22)24(31)15-14-20-11-6-5-7-12-20;/h5-7,11-12,17,22H,4,8-10,13-16H2,1-3H3;1H. The van der Waals surface area contributed by atoms with E-state index in [-0.39, 0.29) is 28.9 Å². The molecule has 6 nitrogen and oxygen atoms in total. The van der Waals surface area contributed by atoms with Crippen molar-refractivity contribution in [1.82, 2.24) is 20.0 Å². The van der Waals surface area contributed by atoms with E-state index in [1.54, 1.807) is 0 Å². The fourth-order valence-corrected chi connectivity index (χ4v) is 4.43. The number of aromatic nitrogens is 3. The summed E-state index contributed by atoms with van der Waals surface area (Å²) in [6.07, 6.45) is 7.91. The first-order valence-corrected chi connectivity index (χ1v) is 11.7. The molecule has 0 radical (unpaired) electrons. The lowest BCUT2D eigenvalue weighted by molar-refractivity contribution is -0.135. The van der Waals surface area contributed by atoms with E-state index < -0.39 is 0 Å². The monoisotopic (exact) mass is 512 g/mol. The smallest absolute Gasteiger partial charge is 0.223 e. The second-order valence-electron chi connectivity index (χ2n) is 8.64. The average molecular weight is 513 g/mol. The molecule has 0 saturated carbocycles. The fraction of sp³-hybridized carbons (Fsp3) is 0.462. The quantitative estimate of drug-likeness (QED) is 0.390. The van der Waals surface area contributed by atoms with Gasteiger partial charge in [0.05, 0.1) is 23.0 Å². The number of carbonyl (C=O) groups is 1. The number of piperidine rings is 1. The van der Waals surface area contributed by atoms with Gasteiger partial charge in [0.25, 0.3) is 0 Å². The molecule has 7 heteroatoms. The molecular formula is C26H33BrN4O2. The molecule has 0 N–H and O–H groups in total. The second kappa shape index (κ2) is 11.5. The third kappa shape index (κ3) is 5.69. The minimum absolute atomic E-state index is 0. The van der Waals surface area contributed by atoms with E-state index in [0.29, 0.717) is 12.2 Å². The Labute approximate surface area is 206 Å². The summed E-state index contributed by atoms with van der Waals surface area (Å²) in [6, 6.07) is 10.1. The van der Waals surface area contributed by atoms with Gasteiger partial charge >= 0.3 is 0 Å². The number of hydrogen-bond donors (Lipinski definition) is 0. The molecule has 1 atom stereocenters. The van der Waals surface area contributed by atoms with Crippen LogP contribution >= 0.6 is 17.0 Å². The highest BCUT2D eigenvalue weighted by atomic mass is 79.9. The Kier molecular flexibility index (Phi) is 8.78. The van der Waals surface area contributed by atoms with Crippen LogP contribution in [0.4, 0.5) is 0 Å². The minimum Gasteiger partial charge on any atom is -0.356 e. The zero-order valence-corrected chi connectivity index (χ0v) is 21.4. The number of rotatable bonds is 7. The molecule has 0 spiro atoms. The molecule has 1 saturated heterocycles. The van der Waals surface area contributed by atoms with Crippen LogP contribution in [-0.4, -0.2) is 32.5 Å². The molecule has 0 bridgehead atoms. The van der Waals surface area contributed by atoms with Crippen molar-refractivity contribution < 1.29 is 9.32 Å². The summed E-state index contributed by atoms with van der Waals surface area (Å²) in [4.78, 5) is 24.9. The minimum atomic E-state index is -0.0644. The molecule has 0 aliphatic carbocycles. The van der Waals surface area contributed by atoms with E-state index in [4.69, 9.17) is 9.51 Å². The third-order valence-electron chi connectivity index (χ3n) is 6.35. The Morgan fingerprint density at radius 2 is 1.94 bits per heavy atom. The molecular weight excluding hydrogens is 480 g/mol. The number of amides is 1. The first-order chi connectivity index (χ1) is 15.6. The Morgan fingerprint density at radius 1 is 1.15 bits per heavy atom. The summed E-state index contributed by atoms with van der Waals surface area (Å²) in [5, 5.41) is 4.14. The second-order valence-corrected chi connectivity index (χ2v) is 8.64. The van der Waals surface area contributed by atoms with Crippen LogP contribution < -0.4 is 0 Å². The molecule has 1 fully saturated rings. The van der Waals surface area contributed by atoms with Gasteiger partial charge in [-0.25, -0.2) is 9.97 Å². The zero-order chi connectivity index (χ0) is 22.5. The van der Waals surface area contributed by atoms with Crippen LogP contribution in [0.25, 0.3) is 11.3 Å². The van der Waals surface area contributed by atoms with Crippen LogP contribution in [0.3, 0.4) is 0 Å². The summed E-state index contributed by atoms with van der Waals surface area (Å²) >= 11 is 0. The SMILES string of the molecule is Br.CCCc1ncc(-c2onc(C)c2C)c(C2CCCCN2C(=O)CCc2ccccc2)n1. The van der Waals surface area contributed by atoms with Crippen molar-refractivity contribution in [3.63, 3.8) is 0 Å². The number of benzene rings is 1. The fourth-order valence-electron chi connectivity index (χ4n) is 4.43. The molecule has 1 aromatic carbocycles. The number of nitrogens with zero attached hydrogens (tertiary/aromatic N) is 4. The number of likely N-dealkylation sites (tertiary alicyclic amines) is 1. The zero-order valence-electron chi connectivity index (χ0n) is 19.7. The largest absolute Gasteiger partial charge is 0.356 e. The van der Waals surface area contributed by atoms with Gasteiger partial charge in [-0.15, -0.1) is 17.0 Å². The molecule has 1 aliphatic heterocycles. The van der Waals surface area contributed by atoms with Gasteiger partial charge in [0.15, 0.2) is 5.76 Å². The molecule has 33 heavy (non-hydrogen) atoms. The number of hydrogen-bond acceptors (Lipinski definition) is 5. The maximum atomic E-state index is 13.3. The molecule has 1 amide bonds. The van der Waals surface area contributed by atoms with E-state index in [1.807, 2.05) is 43.1 Å². The van der Waals surface area contributed by atoms with Crippen molar-refractivity contribution in [2.75, 3.05) is 6.54 Å². The van der Waals surface area contributed by atoms with Gasteiger partial charge in [-0.05, 0) is 51.5 Å². The molecule has 2 aromatic heterocycles. The van der Waals surface area contributed by atoms with Crippen LogP contribution in [0.1, 0.15) is 73.4 Å². The predicted molar refractivity (Wildman–Crippen MR) is 134 cm³/mol. The van der Waals surface area contributed by atoms with E-state index in [1.165, 1.54) is 5.56 Å². The normalized spacial score (nSPS) is 15.8. The lowest BCUT2D eigenvalue weighted by atomic mass is 9.94. The Bertz CT molecular complexity index is 1070. The van der Waals surface area contributed by atoms with E-state index in [9.17, 15) is 4.79 Å². The Morgan fingerprint density at radius 3 is 2.64 bits per heavy atom. The molecule has 3 heterocycles. The Balaban J connectivity index is 0.00000306. The highest BCUT2D eigenvalue weighted by Crippen LogP contribution is 2.37. The Hall–Kier alpha value is -2.54. The van der Waals surface area contributed by atoms with Gasteiger partial charge in [-0.1, -0.05) is 42.4 Å². The van der Waals surface area contributed by atoms with Crippen LogP contribution in [0.15, 0.2) is 41.1 Å². The summed E-state index contributed by atoms with van der Waals surface area (Å²) < 4.78 is 5.68. The highest BCUT2D eigenvalue weighted by Gasteiger charge is 2.32. The summed E-state index contributed by atoms with van der Waals surface area (Å²) in [5.41, 5.74) is 4.81. The van der Waals surface area contributed by atoms with Crippen LogP contribution in [0, 0.1) is 13.8 Å². The van der Waals surface area contributed by atoms with Gasteiger partial charge in [0, 0.05) is 31.1 Å². The van der Waals surface area contributed by atoms with Crippen molar-refractivity contribution in [3.05, 3.63) is 64.9 Å². The van der Waals surface area contributed by atoms with Crippen molar-refractivity contribution >= 4 is 22.9 Å². The third-order valence-corrected chi connectivity index (χ3v) is 6.35. The molecule has 1 unspecified atom stereocenters. The van der Waals surface area contributed by atoms with Crippen molar-refractivity contribution in [1.29, 1.82) is 0 Å². The number of carbonyl (C=O) groups excluding carboxylic acids is 1. The summed E-state index contributed by atoms with van der Waals surface area (Å²) in [5.74, 6) is 1.72. The maximum Gasteiger partial charge on any atom is 0.223 e. The first-order valence-electron chi connectivity index (χ1n) is 11.7. The highest BCUT2D eigenvalue weighted by molar-refractivity contribution is 8.93. The van der Waals surface area contributed by atoms with Gasteiger partial charge in [0.2, 0.25) is 5.91 Å². The summed E-state index contributed by atoms with van der Waals surface area (Å²) in [7, 11) is 0. The van der Waals surface area contributed by atoms with Gasteiger partial charge < -0.3 is 9.42 Å². The van der Waals surface area contributed by atoms with Crippen LogP contribution in [-0.2, 0) is 17.6 Å².